The van der Waals surface area contributed by atoms with Crippen molar-refractivity contribution in [3.63, 3.8) is 0 Å². The minimum Gasteiger partial charge on any atom is -0.102 e. The quantitative estimate of drug-likeness (QED) is 0.659. The van der Waals surface area contributed by atoms with Crippen LogP contribution >= 0.6 is 0 Å². The molecule has 0 aromatic heterocycles. The van der Waals surface area contributed by atoms with E-state index in [4.69, 9.17) is 0 Å². The van der Waals surface area contributed by atoms with Crippen molar-refractivity contribution < 1.29 is 0 Å². The van der Waals surface area contributed by atoms with E-state index >= 15 is 0 Å². The number of rotatable bonds is 3. The Balaban J connectivity index is 2.45. The third-order valence-corrected chi connectivity index (χ3v) is 2.92. The van der Waals surface area contributed by atoms with Crippen LogP contribution in [-0.4, -0.2) is 0 Å². The van der Waals surface area contributed by atoms with Crippen molar-refractivity contribution >= 4 is 0 Å². The highest BCUT2D eigenvalue weighted by Gasteiger charge is 2.11. The molecule has 0 aliphatic heterocycles. The van der Waals surface area contributed by atoms with Crippen LogP contribution in [-0.2, 0) is 0 Å². The Kier molecular flexibility index (Phi) is 3.21. The standard InChI is InChI=1S/C16H16/c1-3-15(14-10-5-4-6-11-14)16-12-8-7-9-13(16)2/h3-12,15H,1H2,2H3. The van der Waals surface area contributed by atoms with Gasteiger partial charge in [0.2, 0.25) is 0 Å². The van der Waals surface area contributed by atoms with E-state index < -0.39 is 0 Å². The van der Waals surface area contributed by atoms with E-state index in [1.807, 2.05) is 12.1 Å². The fraction of sp³-hybridized carbons (Fsp3) is 0.125. The lowest BCUT2D eigenvalue weighted by Gasteiger charge is -2.15. The molecule has 80 valence electrons. The van der Waals surface area contributed by atoms with Gasteiger partial charge in [-0.05, 0) is 23.6 Å². The van der Waals surface area contributed by atoms with E-state index in [1.54, 1.807) is 0 Å². The van der Waals surface area contributed by atoms with E-state index in [0.29, 0.717) is 5.92 Å². The number of hydrogen-bond donors (Lipinski definition) is 0. The van der Waals surface area contributed by atoms with Gasteiger partial charge in [-0.25, -0.2) is 0 Å². The molecule has 0 N–H and O–H groups in total. The SMILES string of the molecule is C=CC(c1ccccc1)c1ccccc1C. The lowest BCUT2D eigenvalue weighted by molar-refractivity contribution is 1.01. The van der Waals surface area contributed by atoms with Gasteiger partial charge in [-0.1, -0.05) is 60.7 Å². The summed E-state index contributed by atoms with van der Waals surface area (Å²) in [4.78, 5) is 0. The number of aryl methyl sites for hydroxylation is 1. The van der Waals surface area contributed by atoms with E-state index in [2.05, 4.69) is 62.0 Å². The Hall–Kier alpha value is -1.82. The molecule has 0 heteroatoms. The zero-order valence-corrected chi connectivity index (χ0v) is 9.56. The van der Waals surface area contributed by atoms with Crippen molar-refractivity contribution in [1.82, 2.24) is 0 Å². The minimum absolute atomic E-state index is 0.294. The van der Waals surface area contributed by atoms with E-state index in [-0.39, 0.29) is 0 Å². The van der Waals surface area contributed by atoms with Crippen LogP contribution < -0.4 is 0 Å². The highest BCUT2D eigenvalue weighted by atomic mass is 14.1. The largest absolute Gasteiger partial charge is 0.102 e. The van der Waals surface area contributed by atoms with Crippen LogP contribution in [0.2, 0.25) is 0 Å². The molecule has 2 aromatic rings. The molecule has 0 aliphatic carbocycles. The fourth-order valence-corrected chi connectivity index (χ4v) is 2.04. The molecular formula is C16H16. The molecule has 0 fully saturated rings. The summed E-state index contributed by atoms with van der Waals surface area (Å²) in [5, 5.41) is 0. The molecule has 0 bridgehead atoms. The summed E-state index contributed by atoms with van der Waals surface area (Å²) < 4.78 is 0. The maximum Gasteiger partial charge on any atom is 0.0269 e. The van der Waals surface area contributed by atoms with E-state index in [1.165, 1.54) is 16.7 Å². The monoisotopic (exact) mass is 208 g/mol. The maximum absolute atomic E-state index is 3.95. The molecule has 0 amide bonds. The lowest BCUT2D eigenvalue weighted by atomic mass is 9.89. The Labute approximate surface area is 97.3 Å². The topological polar surface area (TPSA) is 0 Å². The smallest absolute Gasteiger partial charge is 0.0269 e. The van der Waals surface area contributed by atoms with E-state index in [9.17, 15) is 0 Å². The van der Waals surface area contributed by atoms with Crippen LogP contribution in [0, 0.1) is 6.92 Å². The Morgan fingerprint density at radius 2 is 1.56 bits per heavy atom. The number of benzene rings is 2. The summed E-state index contributed by atoms with van der Waals surface area (Å²) in [6.07, 6.45) is 2.01. The van der Waals surface area contributed by atoms with Gasteiger partial charge in [-0.3, -0.25) is 0 Å². The Bertz CT molecular complexity index is 468. The molecule has 2 rings (SSSR count). The number of allylic oxidation sites excluding steroid dienone is 1. The molecule has 0 saturated carbocycles. The first-order valence-corrected chi connectivity index (χ1v) is 5.56. The molecule has 0 radical (unpaired) electrons. The second kappa shape index (κ2) is 4.80. The molecule has 1 atom stereocenters. The zero-order valence-electron chi connectivity index (χ0n) is 9.56. The predicted octanol–water partition coefficient (Wildman–Crippen LogP) is 4.31. The van der Waals surface area contributed by atoms with Crippen molar-refractivity contribution in [3.8, 4) is 0 Å². The summed E-state index contributed by atoms with van der Waals surface area (Å²) in [6.45, 7) is 6.10. The zero-order chi connectivity index (χ0) is 11.4. The third kappa shape index (κ3) is 2.06. The lowest BCUT2D eigenvalue weighted by Crippen LogP contribution is -1.99. The van der Waals surface area contributed by atoms with Gasteiger partial charge in [0.25, 0.3) is 0 Å². The normalized spacial score (nSPS) is 12.1. The first kappa shape index (κ1) is 10.7. The first-order chi connectivity index (χ1) is 7.83. The van der Waals surface area contributed by atoms with Crippen molar-refractivity contribution in [1.29, 1.82) is 0 Å². The van der Waals surface area contributed by atoms with Gasteiger partial charge >= 0.3 is 0 Å². The second-order valence-electron chi connectivity index (χ2n) is 3.98. The molecule has 0 nitrogen and oxygen atoms in total. The van der Waals surface area contributed by atoms with Crippen molar-refractivity contribution in [2.45, 2.75) is 12.8 Å². The molecule has 0 aliphatic rings. The predicted molar refractivity (Wildman–Crippen MR) is 69.7 cm³/mol. The highest BCUT2D eigenvalue weighted by Crippen LogP contribution is 2.27. The van der Waals surface area contributed by atoms with Gasteiger partial charge in [0, 0.05) is 5.92 Å². The molecule has 1 unspecified atom stereocenters. The van der Waals surface area contributed by atoms with E-state index in [0.717, 1.165) is 0 Å². The molecule has 2 aromatic carbocycles. The minimum atomic E-state index is 0.294. The maximum atomic E-state index is 3.95. The summed E-state index contributed by atoms with van der Waals surface area (Å²) in [5.74, 6) is 0.294. The van der Waals surface area contributed by atoms with Crippen LogP contribution in [0.25, 0.3) is 0 Å². The summed E-state index contributed by atoms with van der Waals surface area (Å²) in [5.41, 5.74) is 3.95. The van der Waals surface area contributed by atoms with Gasteiger partial charge < -0.3 is 0 Å². The highest BCUT2D eigenvalue weighted by molar-refractivity contribution is 5.40. The van der Waals surface area contributed by atoms with Crippen molar-refractivity contribution in [2.24, 2.45) is 0 Å². The van der Waals surface area contributed by atoms with Crippen LogP contribution in [0.1, 0.15) is 22.6 Å². The van der Waals surface area contributed by atoms with Crippen LogP contribution in [0.5, 0.6) is 0 Å². The average Bonchev–Trinajstić information content (AvgIpc) is 2.34. The van der Waals surface area contributed by atoms with Crippen molar-refractivity contribution in [3.05, 3.63) is 83.9 Å². The summed E-state index contributed by atoms with van der Waals surface area (Å²) in [6, 6.07) is 19.0. The Morgan fingerprint density at radius 3 is 2.19 bits per heavy atom. The molecule has 0 spiro atoms. The van der Waals surface area contributed by atoms with Crippen molar-refractivity contribution in [2.75, 3.05) is 0 Å². The molecule has 16 heavy (non-hydrogen) atoms. The average molecular weight is 208 g/mol. The molecule has 0 saturated heterocycles. The van der Waals surface area contributed by atoms with Crippen LogP contribution in [0.3, 0.4) is 0 Å². The van der Waals surface area contributed by atoms with Crippen LogP contribution in [0.4, 0.5) is 0 Å². The second-order valence-corrected chi connectivity index (χ2v) is 3.98. The Morgan fingerprint density at radius 1 is 0.938 bits per heavy atom. The summed E-state index contributed by atoms with van der Waals surface area (Å²) >= 11 is 0. The summed E-state index contributed by atoms with van der Waals surface area (Å²) in [7, 11) is 0. The van der Waals surface area contributed by atoms with Gasteiger partial charge in [-0.2, -0.15) is 0 Å². The molecular weight excluding hydrogens is 192 g/mol. The van der Waals surface area contributed by atoms with Gasteiger partial charge in [-0.15, -0.1) is 6.58 Å². The van der Waals surface area contributed by atoms with Gasteiger partial charge in [0.05, 0.1) is 0 Å². The molecule has 0 heterocycles. The third-order valence-electron chi connectivity index (χ3n) is 2.92. The first-order valence-electron chi connectivity index (χ1n) is 5.56. The fourth-order valence-electron chi connectivity index (χ4n) is 2.04. The van der Waals surface area contributed by atoms with Gasteiger partial charge in [0.15, 0.2) is 0 Å². The number of hydrogen-bond acceptors (Lipinski definition) is 0. The van der Waals surface area contributed by atoms with Crippen LogP contribution in [0.15, 0.2) is 67.3 Å². The van der Waals surface area contributed by atoms with Gasteiger partial charge in [0.1, 0.15) is 0 Å².